The number of hydrogen-bond acceptors (Lipinski definition) is 9. The normalized spacial score (nSPS) is 19.1. The Bertz CT molecular complexity index is 1990. The number of ether oxygens (including phenoxy) is 2. The Morgan fingerprint density at radius 3 is 1.97 bits per heavy atom. The van der Waals surface area contributed by atoms with E-state index in [1.165, 1.54) is 14.2 Å². The quantitative estimate of drug-likeness (QED) is 0.107. The second-order valence-electron chi connectivity index (χ2n) is 15.5. The molecule has 0 saturated heterocycles. The van der Waals surface area contributed by atoms with E-state index in [0.717, 1.165) is 33.8 Å². The van der Waals surface area contributed by atoms with E-state index in [1.54, 1.807) is 13.8 Å². The van der Waals surface area contributed by atoms with Crippen molar-refractivity contribution in [1.29, 1.82) is 0 Å². The number of carbonyl (C=O) groups excluding carboxylic acids is 4. The van der Waals surface area contributed by atoms with Gasteiger partial charge in [0, 0.05) is 51.4 Å². The molecule has 0 aliphatic heterocycles. The van der Waals surface area contributed by atoms with Gasteiger partial charge in [-0.3, -0.25) is 19.2 Å². The zero-order chi connectivity index (χ0) is 44.1. The standard InChI is InChI=1S/C43H57F2N5O9S/c1-7-35(28-16-12-9-13-17-28)47-40(52)33-21-31(50(4)60(6,56)57)22-34(33)41(53)48-36(25-59-32-19-29(44)18-30(45)20-32)37(51)23-38(58-5)42(54)49-39(26(2)3)43(55)46-24-27-14-10-8-11-15-27/h8-20,26,31,33-39,51H,7,21-25H2,1-6H3,(H,46,55)(H,47,52)(H,48,53)(H,49,54)/t31?,33-,34-,35+,36+,37+,38-,39+/m1/s1. The van der Waals surface area contributed by atoms with E-state index < -0.39 is 107 Å². The zero-order valence-electron chi connectivity index (χ0n) is 34.8. The molecule has 3 aromatic rings. The largest absolute Gasteiger partial charge is 0.491 e. The van der Waals surface area contributed by atoms with E-state index >= 15 is 0 Å². The molecule has 3 aromatic carbocycles. The zero-order valence-corrected chi connectivity index (χ0v) is 35.6. The van der Waals surface area contributed by atoms with Crippen LogP contribution in [0.3, 0.4) is 0 Å². The lowest BCUT2D eigenvalue weighted by Crippen LogP contribution is -2.54. The molecule has 8 atom stereocenters. The minimum Gasteiger partial charge on any atom is -0.491 e. The molecule has 14 nitrogen and oxygen atoms in total. The smallest absolute Gasteiger partial charge is 0.249 e. The Morgan fingerprint density at radius 1 is 0.867 bits per heavy atom. The van der Waals surface area contributed by atoms with Crippen LogP contribution in [-0.2, 0) is 40.5 Å². The molecule has 4 rings (SSSR count). The van der Waals surface area contributed by atoms with Crippen molar-refractivity contribution in [3.05, 3.63) is 102 Å². The van der Waals surface area contributed by atoms with Crippen LogP contribution in [0.2, 0.25) is 0 Å². The summed E-state index contributed by atoms with van der Waals surface area (Å²) in [5.41, 5.74) is 1.70. The van der Waals surface area contributed by atoms with Gasteiger partial charge in [0.2, 0.25) is 33.7 Å². The number of methoxy groups -OCH3 is 1. The minimum absolute atomic E-state index is 0.0207. The van der Waals surface area contributed by atoms with Crippen LogP contribution in [-0.4, -0.2) is 98.8 Å². The second kappa shape index (κ2) is 22.0. The third-order valence-electron chi connectivity index (χ3n) is 10.8. The summed E-state index contributed by atoms with van der Waals surface area (Å²) in [6.45, 7) is 5.07. The van der Waals surface area contributed by atoms with Crippen molar-refractivity contribution >= 4 is 33.7 Å². The number of aliphatic hydroxyl groups is 1. The molecular weight excluding hydrogens is 801 g/mol. The molecule has 0 radical (unpaired) electrons. The lowest BCUT2D eigenvalue weighted by molar-refractivity contribution is -0.138. The summed E-state index contributed by atoms with van der Waals surface area (Å²) in [6.07, 6.45) is -1.85. The van der Waals surface area contributed by atoms with Gasteiger partial charge >= 0.3 is 0 Å². The summed E-state index contributed by atoms with van der Waals surface area (Å²) in [5.74, 6) is -6.91. The molecule has 1 fully saturated rings. The Balaban J connectivity index is 1.56. The number of nitrogens with zero attached hydrogens (tertiary/aromatic N) is 1. The van der Waals surface area contributed by atoms with Crippen LogP contribution in [0.1, 0.15) is 63.6 Å². The van der Waals surface area contributed by atoms with Gasteiger partial charge in [0.15, 0.2) is 0 Å². The maximum absolute atomic E-state index is 14.3. The van der Waals surface area contributed by atoms with Crippen molar-refractivity contribution in [2.24, 2.45) is 17.8 Å². The molecule has 5 N–H and O–H groups in total. The Morgan fingerprint density at radius 2 is 1.43 bits per heavy atom. The van der Waals surface area contributed by atoms with Crippen molar-refractivity contribution in [2.75, 3.05) is 27.0 Å². The summed E-state index contributed by atoms with van der Waals surface area (Å²) in [5, 5.41) is 22.9. The Labute approximate surface area is 350 Å². The number of sulfonamides is 1. The molecule has 1 aliphatic rings. The van der Waals surface area contributed by atoms with Crippen LogP contribution >= 0.6 is 0 Å². The highest BCUT2D eigenvalue weighted by atomic mass is 32.2. The predicted octanol–water partition coefficient (Wildman–Crippen LogP) is 3.61. The van der Waals surface area contributed by atoms with Crippen molar-refractivity contribution in [2.45, 2.75) is 89.4 Å². The number of carbonyl (C=O) groups is 4. The monoisotopic (exact) mass is 857 g/mol. The molecule has 0 bridgehead atoms. The van der Waals surface area contributed by atoms with Gasteiger partial charge in [0.1, 0.15) is 36.1 Å². The molecule has 60 heavy (non-hydrogen) atoms. The third-order valence-corrected chi connectivity index (χ3v) is 12.2. The van der Waals surface area contributed by atoms with Crippen molar-refractivity contribution < 1.29 is 51.0 Å². The topological polar surface area (TPSA) is 192 Å². The van der Waals surface area contributed by atoms with Crippen LogP contribution in [0.25, 0.3) is 0 Å². The van der Waals surface area contributed by atoms with Gasteiger partial charge < -0.3 is 35.8 Å². The van der Waals surface area contributed by atoms with E-state index in [4.69, 9.17) is 9.47 Å². The SMILES string of the molecule is CC[C@H](NC(=O)[C@@H]1CC(N(C)S(C)(=O)=O)C[C@H]1C(=O)N[C@@H](COc1cc(F)cc(F)c1)[C@@H](O)C[C@@H](OC)C(=O)N[C@H](C(=O)NCc1ccccc1)C(C)C)c1ccccc1. The van der Waals surface area contributed by atoms with Crippen LogP contribution in [0.15, 0.2) is 78.9 Å². The highest BCUT2D eigenvalue weighted by Gasteiger charge is 2.46. The summed E-state index contributed by atoms with van der Waals surface area (Å²) >= 11 is 0. The van der Waals surface area contributed by atoms with Gasteiger partial charge in [-0.15, -0.1) is 0 Å². The van der Waals surface area contributed by atoms with Gasteiger partial charge in [-0.25, -0.2) is 21.5 Å². The number of benzene rings is 3. The number of rotatable bonds is 21. The molecular formula is C43H57F2N5O9S. The third kappa shape index (κ3) is 13.5. The van der Waals surface area contributed by atoms with Crippen molar-refractivity contribution in [3.8, 4) is 5.75 Å². The summed E-state index contributed by atoms with van der Waals surface area (Å²) in [6, 6.07) is 17.5. The fourth-order valence-electron chi connectivity index (χ4n) is 7.25. The van der Waals surface area contributed by atoms with Gasteiger partial charge in [0.25, 0.3) is 0 Å². The maximum atomic E-state index is 14.3. The number of hydrogen-bond donors (Lipinski definition) is 5. The van der Waals surface area contributed by atoms with Crippen LogP contribution in [0.5, 0.6) is 5.75 Å². The fourth-order valence-corrected chi connectivity index (χ4v) is 7.96. The van der Waals surface area contributed by atoms with Crippen molar-refractivity contribution in [3.63, 3.8) is 0 Å². The van der Waals surface area contributed by atoms with Crippen LogP contribution in [0, 0.1) is 29.4 Å². The molecule has 0 heterocycles. The van der Waals surface area contributed by atoms with E-state index in [-0.39, 0.29) is 31.1 Å². The summed E-state index contributed by atoms with van der Waals surface area (Å²) < 4.78 is 65.6. The fraction of sp³-hybridized carbons (Fsp3) is 0.488. The van der Waals surface area contributed by atoms with Crippen molar-refractivity contribution in [1.82, 2.24) is 25.6 Å². The first-order chi connectivity index (χ1) is 28.4. The van der Waals surface area contributed by atoms with E-state index in [0.29, 0.717) is 12.5 Å². The Kier molecular flexibility index (Phi) is 17.5. The molecule has 0 spiro atoms. The van der Waals surface area contributed by atoms with E-state index in [9.17, 15) is 41.5 Å². The molecule has 0 aromatic heterocycles. The number of nitrogens with one attached hydrogen (secondary N) is 4. The van der Waals surface area contributed by atoms with Gasteiger partial charge in [0.05, 0.1) is 36.3 Å². The average molecular weight is 858 g/mol. The van der Waals surface area contributed by atoms with Crippen LogP contribution in [0.4, 0.5) is 8.78 Å². The number of aliphatic hydroxyl groups excluding tert-OH is 1. The first-order valence-electron chi connectivity index (χ1n) is 19.9. The summed E-state index contributed by atoms with van der Waals surface area (Å²) in [4.78, 5) is 55.1. The van der Waals surface area contributed by atoms with E-state index in [2.05, 4.69) is 21.3 Å². The second-order valence-corrected chi connectivity index (χ2v) is 17.5. The van der Waals surface area contributed by atoms with Crippen LogP contribution < -0.4 is 26.0 Å². The molecule has 17 heteroatoms. The summed E-state index contributed by atoms with van der Waals surface area (Å²) in [7, 11) is -1.12. The average Bonchev–Trinajstić information content (AvgIpc) is 3.67. The first-order valence-corrected chi connectivity index (χ1v) is 21.8. The highest BCUT2D eigenvalue weighted by Crippen LogP contribution is 2.37. The molecule has 4 amide bonds. The highest BCUT2D eigenvalue weighted by molar-refractivity contribution is 7.88. The minimum atomic E-state index is -3.73. The molecule has 1 aliphatic carbocycles. The number of amides is 4. The number of halogens is 2. The maximum Gasteiger partial charge on any atom is 0.249 e. The van der Waals surface area contributed by atoms with Gasteiger partial charge in [-0.2, -0.15) is 0 Å². The molecule has 1 saturated carbocycles. The van der Waals surface area contributed by atoms with Gasteiger partial charge in [-0.1, -0.05) is 81.4 Å². The predicted molar refractivity (Wildman–Crippen MR) is 220 cm³/mol. The molecule has 328 valence electrons. The Hall–Kier alpha value is -4.97. The lowest BCUT2D eigenvalue weighted by Gasteiger charge is -2.30. The molecule has 1 unspecified atom stereocenters. The first kappa shape index (κ1) is 47.7. The van der Waals surface area contributed by atoms with Gasteiger partial charge in [-0.05, 0) is 36.3 Å². The lowest BCUT2D eigenvalue weighted by atomic mass is 9.92. The van der Waals surface area contributed by atoms with E-state index in [1.807, 2.05) is 67.6 Å².